The molecule has 120 valence electrons. The second kappa shape index (κ2) is 6.24. The number of anilines is 1. The summed E-state index contributed by atoms with van der Waals surface area (Å²) >= 11 is 0. The minimum Gasteiger partial charge on any atom is -0.366 e. The van der Waals surface area contributed by atoms with Gasteiger partial charge in [-0.2, -0.15) is 0 Å². The van der Waals surface area contributed by atoms with Crippen molar-refractivity contribution in [1.82, 2.24) is 15.3 Å². The lowest BCUT2D eigenvalue weighted by Gasteiger charge is -2.31. The molecule has 1 aromatic carbocycles. The Balaban J connectivity index is 1.79. The average Bonchev–Trinajstić information content (AvgIpc) is 2.54. The summed E-state index contributed by atoms with van der Waals surface area (Å²) in [7, 11) is 0. The molecule has 1 saturated heterocycles. The lowest BCUT2D eigenvalue weighted by atomic mass is 9.84. The van der Waals surface area contributed by atoms with Crippen LogP contribution in [0.3, 0.4) is 0 Å². The van der Waals surface area contributed by atoms with Crippen LogP contribution in [0.2, 0.25) is 0 Å². The number of rotatable bonds is 3. The summed E-state index contributed by atoms with van der Waals surface area (Å²) in [6.45, 7) is 3.66. The number of nitrogens with one attached hydrogen (secondary N) is 1. The zero-order valence-electron chi connectivity index (χ0n) is 13.1. The van der Waals surface area contributed by atoms with Crippen LogP contribution in [0.4, 0.5) is 10.1 Å². The summed E-state index contributed by atoms with van der Waals surface area (Å²) in [6, 6.07) is 6.90. The number of nitrogens with zero attached hydrogens (tertiary/aromatic N) is 3. The molecule has 1 aromatic heterocycles. The lowest BCUT2D eigenvalue weighted by Crippen LogP contribution is -2.44. The van der Waals surface area contributed by atoms with E-state index in [1.165, 1.54) is 12.5 Å². The molecule has 0 radical (unpaired) electrons. The first-order valence-electron chi connectivity index (χ1n) is 8.40. The van der Waals surface area contributed by atoms with Crippen molar-refractivity contribution < 1.29 is 4.39 Å². The fourth-order valence-electron chi connectivity index (χ4n) is 3.24. The predicted octanol–water partition coefficient (Wildman–Crippen LogP) is 2.96. The van der Waals surface area contributed by atoms with Gasteiger partial charge in [0.25, 0.3) is 0 Å². The molecule has 0 spiro atoms. The van der Waals surface area contributed by atoms with Gasteiger partial charge in [-0.25, -0.2) is 14.4 Å². The summed E-state index contributed by atoms with van der Waals surface area (Å²) in [6.07, 6.45) is 5.42. The molecule has 0 bridgehead atoms. The molecule has 2 aromatic rings. The molecule has 1 N–H and O–H groups in total. The number of aromatic nitrogens is 2. The smallest absolute Gasteiger partial charge is 0.132 e. The van der Waals surface area contributed by atoms with Crippen LogP contribution in [-0.2, 0) is 0 Å². The summed E-state index contributed by atoms with van der Waals surface area (Å²) in [4.78, 5) is 11.6. The van der Waals surface area contributed by atoms with Crippen LogP contribution in [0.25, 0.3) is 11.3 Å². The largest absolute Gasteiger partial charge is 0.366 e. The number of piperazine rings is 1. The number of hydrogen-bond donors (Lipinski definition) is 1. The van der Waals surface area contributed by atoms with Crippen molar-refractivity contribution in [1.29, 1.82) is 0 Å². The topological polar surface area (TPSA) is 41.1 Å². The highest BCUT2D eigenvalue weighted by atomic mass is 19.1. The quantitative estimate of drug-likeness (QED) is 0.946. The van der Waals surface area contributed by atoms with Gasteiger partial charge in [0, 0.05) is 37.7 Å². The molecule has 5 heteroatoms. The molecule has 1 saturated carbocycles. The first kappa shape index (κ1) is 14.6. The van der Waals surface area contributed by atoms with Gasteiger partial charge < -0.3 is 10.2 Å². The van der Waals surface area contributed by atoms with E-state index in [1.807, 2.05) is 18.3 Å². The molecule has 2 fully saturated rings. The zero-order chi connectivity index (χ0) is 15.6. The van der Waals surface area contributed by atoms with Crippen LogP contribution >= 0.6 is 0 Å². The molecule has 1 aliphatic heterocycles. The van der Waals surface area contributed by atoms with E-state index >= 15 is 0 Å². The van der Waals surface area contributed by atoms with Crippen molar-refractivity contribution in [2.24, 2.45) is 0 Å². The van der Waals surface area contributed by atoms with Gasteiger partial charge in [-0.3, -0.25) is 0 Å². The number of benzene rings is 1. The van der Waals surface area contributed by atoms with Crippen molar-refractivity contribution in [3.8, 4) is 11.3 Å². The zero-order valence-corrected chi connectivity index (χ0v) is 13.1. The van der Waals surface area contributed by atoms with Gasteiger partial charge in [-0.15, -0.1) is 0 Å². The molecular weight excluding hydrogens is 291 g/mol. The van der Waals surface area contributed by atoms with E-state index in [1.54, 1.807) is 6.07 Å². The predicted molar refractivity (Wildman–Crippen MR) is 89.1 cm³/mol. The van der Waals surface area contributed by atoms with Crippen LogP contribution in [-0.4, -0.2) is 36.1 Å². The first-order valence-corrected chi connectivity index (χ1v) is 8.40. The average molecular weight is 312 g/mol. The molecule has 4 nitrogen and oxygen atoms in total. The Morgan fingerprint density at radius 3 is 2.61 bits per heavy atom. The van der Waals surface area contributed by atoms with E-state index < -0.39 is 0 Å². The van der Waals surface area contributed by atoms with Crippen LogP contribution in [0, 0.1) is 5.82 Å². The Morgan fingerprint density at radius 1 is 1.13 bits per heavy atom. The minimum atomic E-state index is -0.220. The highest BCUT2D eigenvalue weighted by molar-refractivity contribution is 5.75. The van der Waals surface area contributed by atoms with Crippen molar-refractivity contribution in [2.45, 2.75) is 25.2 Å². The SMILES string of the molecule is Fc1ccccc1-c1nc(C2CCC2)ncc1N1CCNCC1. The highest BCUT2D eigenvalue weighted by Gasteiger charge is 2.25. The third kappa shape index (κ3) is 2.81. The standard InChI is InChI=1S/C18H21FN4/c19-15-7-2-1-6-14(15)17-16(23-10-8-20-9-11-23)12-21-18(22-17)13-4-3-5-13/h1-2,6-7,12-13,20H,3-5,8-11H2. The molecular formula is C18H21FN4. The second-order valence-corrected chi connectivity index (χ2v) is 6.31. The Hall–Kier alpha value is -2.01. The minimum absolute atomic E-state index is 0.220. The molecule has 2 heterocycles. The van der Waals surface area contributed by atoms with Gasteiger partial charge in [0.05, 0.1) is 11.9 Å². The summed E-state index contributed by atoms with van der Waals surface area (Å²) in [5, 5.41) is 3.35. The van der Waals surface area contributed by atoms with Crippen molar-refractivity contribution in [3.05, 3.63) is 42.1 Å². The first-order chi connectivity index (χ1) is 11.3. The van der Waals surface area contributed by atoms with Gasteiger partial charge in [-0.1, -0.05) is 18.6 Å². The maximum absolute atomic E-state index is 14.4. The Morgan fingerprint density at radius 2 is 1.91 bits per heavy atom. The summed E-state index contributed by atoms with van der Waals surface area (Å²) in [5.41, 5.74) is 2.26. The second-order valence-electron chi connectivity index (χ2n) is 6.31. The molecule has 4 rings (SSSR count). The molecule has 0 amide bonds. The molecule has 0 atom stereocenters. The Labute approximate surface area is 135 Å². The van der Waals surface area contributed by atoms with Crippen molar-refractivity contribution in [3.63, 3.8) is 0 Å². The summed E-state index contributed by atoms with van der Waals surface area (Å²) < 4.78 is 14.4. The molecule has 0 unspecified atom stereocenters. The number of hydrogen-bond acceptors (Lipinski definition) is 4. The third-order valence-corrected chi connectivity index (χ3v) is 4.85. The van der Waals surface area contributed by atoms with Gasteiger partial charge in [0.1, 0.15) is 17.3 Å². The lowest BCUT2D eigenvalue weighted by molar-refractivity contribution is 0.401. The Kier molecular flexibility index (Phi) is 3.95. The normalized spacial score (nSPS) is 18.7. The van der Waals surface area contributed by atoms with Crippen molar-refractivity contribution in [2.75, 3.05) is 31.1 Å². The number of halogens is 1. The van der Waals surface area contributed by atoms with Crippen LogP contribution < -0.4 is 10.2 Å². The van der Waals surface area contributed by atoms with E-state index in [0.717, 1.165) is 56.2 Å². The van der Waals surface area contributed by atoms with Crippen LogP contribution in [0.1, 0.15) is 31.0 Å². The molecule has 2 aliphatic rings. The monoisotopic (exact) mass is 312 g/mol. The van der Waals surface area contributed by atoms with E-state index in [2.05, 4.69) is 15.2 Å². The summed E-state index contributed by atoms with van der Waals surface area (Å²) in [5.74, 6) is 1.09. The van der Waals surface area contributed by atoms with Crippen LogP contribution in [0.15, 0.2) is 30.5 Å². The van der Waals surface area contributed by atoms with Crippen molar-refractivity contribution >= 4 is 5.69 Å². The maximum Gasteiger partial charge on any atom is 0.132 e. The van der Waals surface area contributed by atoms with E-state index in [-0.39, 0.29) is 5.82 Å². The molecule has 23 heavy (non-hydrogen) atoms. The fourth-order valence-corrected chi connectivity index (χ4v) is 3.24. The van der Waals surface area contributed by atoms with Gasteiger partial charge in [-0.05, 0) is 25.0 Å². The maximum atomic E-state index is 14.4. The highest BCUT2D eigenvalue weighted by Crippen LogP contribution is 2.37. The van der Waals surface area contributed by atoms with Gasteiger partial charge in [0.2, 0.25) is 0 Å². The fraction of sp³-hybridized carbons (Fsp3) is 0.444. The molecule has 1 aliphatic carbocycles. The third-order valence-electron chi connectivity index (χ3n) is 4.85. The van der Waals surface area contributed by atoms with E-state index in [9.17, 15) is 4.39 Å². The van der Waals surface area contributed by atoms with Gasteiger partial charge >= 0.3 is 0 Å². The van der Waals surface area contributed by atoms with E-state index in [0.29, 0.717) is 11.5 Å². The van der Waals surface area contributed by atoms with Gasteiger partial charge in [0.15, 0.2) is 0 Å². The Bertz CT molecular complexity index is 693. The van der Waals surface area contributed by atoms with Crippen LogP contribution in [0.5, 0.6) is 0 Å². The van der Waals surface area contributed by atoms with E-state index in [4.69, 9.17) is 4.98 Å².